The van der Waals surface area contributed by atoms with Gasteiger partial charge >= 0.3 is 0 Å². The summed E-state index contributed by atoms with van der Waals surface area (Å²) < 4.78 is 16.5. The average molecular weight is 417 g/mol. The van der Waals surface area contributed by atoms with Crippen molar-refractivity contribution in [2.75, 3.05) is 26.2 Å². The Labute approximate surface area is 180 Å². The molecule has 0 unspecified atom stereocenters. The first-order chi connectivity index (χ1) is 15.2. The lowest BCUT2D eigenvalue weighted by Crippen LogP contribution is -2.42. The number of halogens is 1. The zero-order valence-electron chi connectivity index (χ0n) is 17.5. The number of H-pyrrole nitrogens is 1. The summed E-state index contributed by atoms with van der Waals surface area (Å²) in [5.41, 5.74) is 5.21. The number of aromatic nitrogens is 4. The van der Waals surface area contributed by atoms with Crippen LogP contribution in [0.15, 0.2) is 48.8 Å². The number of aryl methyl sites for hydroxylation is 1. The highest BCUT2D eigenvalue weighted by Crippen LogP contribution is 2.29. The molecule has 0 amide bonds. The number of rotatable bonds is 5. The van der Waals surface area contributed by atoms with Gasteiger partial charge in [-0.15, -0.1) is 0 Å². The van der Waals surface area contributed by atoms with Crippen molar-refractivity contribution in [1.29, 1.82) is 0 Å². The lowest BCUT2D eigenvalue weighted by atomic mass is 10.0. The molecule has 3 heterocycles. The molecule has 0 atom stereocenters. The standard InChI is InChI=1S/C24H25FN6/c1-30-15-18(14-27-30)4-7-23-21-12-20(13-22(25)24(21)29-28-23)19-5-2-17(3-6-19)16-31-10-8-26-9-11-31/h2-7,12-15,26H,8-11,16H2,1H3,(H,28,29)/b7-4+. The Morgan fingerprint density at radius 2 is 1.87 bits per heavy atom. The summed E-state index contributed by atoms with van der Waals surface area (Å²) in [5.74, 6) is -0.324. The van der Waals surface area contributed by atoms with Crippen molar-refractivity contribution >= 4 is 23.1 Å². The highest BCUT2D eigenvalue weighted by atomic mass is 19.1. The second-order valence-corrected chi connectivity index (χ2v) is 8.00. The SMILES string of the molecule is Cn1cc(/C=C/c2[nH]nc3c(F)cc(-c4ccc(CN5CCNCC5)cc4)cc23)cn1. The smallest absolute Gasteiger partial charge is 0.151 e. The Morgan fingerprint density at radius 1 is 1.06 bits per heavy atom. The molecule has 1 saturated heterocycles. The van der Waals surface area contributed by atoms with E-state index in [-0.39, 0.29) is 5.82 Å². The van der Waals surface area contributed by atoms with Gasteiger partial charge in [0.1, 0.15) is 5.52 Å². The number of nitrogens with one attached hydrogen (secondary N) is 2. The first-order valence-corrected chi connectivity index (χ1v) is 10.5. The van der Waals surface area contributed by atoms with Gasteiger partial charge in [-0.25, -0.2) is 4.39 Å². The minimum absolute atomic E-state index is 0.324. The third-order valence-corrected chi connectivity index (χ3v) is 5.71. The van der Waals surface area contributed by atoms with Crippen molar-refractivity contribution in [3.05, 3.63) is 71.4 Å². The van der Waals surface area contributed by atoms with E-state index in [2.05, 4.69) is 49.8 Å². The Bertz CT molecular complexity index is 1210. The van der Waals surface area contributed by atoms with Crippen molar-refractivity contribution in [2.24, 2.45) is 7.05 Å². The van der Waals surface area contributed by atoms with E-state index in [0.29, 0.717) is 5.52 Å². The molecule has 0 saturated carbocycles. The monoisotopic (exact) mass is 416 g/mol. The fourth-order valence-corrected chi connectivity index (χ4v) is 4.02. The fourth-order valence-electron chi connectivity index (χ4n) is 4.02. The third kappa shape index (κ3) is 4.28. The van der Waals surface area contributed by atoms with E-state index >= 15 is 0 Å². The van der Waals surface area contributed by atoms with Crippen molar-refractivity contribution in [1.82, 2.24) is 30.2 Å². The summed E-state index contributed by atoms with van der Waals surface area (Å²) in [7, 11) is 1.87. The van der Waals surface area contributed by atoms with Gasteiger partial charge in [0.05, 0.1) is 11.9 Å². The first kappa shape index (κ1) is 19.7. The van der Waals surface area contributed by atoms with Crippen LogP contribution in [0.25, 0.3) is 34.2 Å². The maximum atomic E-state index is 14.8. The van der Waals surface area contributed by atoms with Gasteiger partial charge in [-0.3, -0.25) is 14.7 Å². The molecule has 5 rings (SSSR count). The molecule has 0 aliphatic carbocycles. The molecule has 0 radical (unpaired) electrons. The molecular weight excluding hydrogens is 391 g/mol. The maximum Gasteiger partial charge on any atom is 0.151 e. The summed E-state index contributed by atoms with van der Waals surface area (Å²) in [6.45, 7) is 5.17. The number of benzene rings is 2. The van der Waals surface area contributed by atoms with Gasteiger partial charge in [-0.2, -0.15) is 10.2 Å². The lowest BCUT2D eigenvalue weighted by Gasteiger charge is -2.27. The van der Waals surface area contributed by atoms with E-state index in [0.717, 1.165) is 60.5 Å². The number of piperazine rings is 1. The van der Waals surface area contributed by atoms with E-state index in [9.17, 15) is 4.39 Å². The van der Waals surface area contributed by atoms with E-state index in [1.54, 1.807) is 16.9 Å². The normalized spacial score (nSPS) is 15.3. The van der Waals surface area contributed by atoms with Crippen LogP contribution >= 0.6 is 0 Å². The van der Waals surface area contributed by atoms with Gasteiger partial charge < -0.3 is 5.32 Å². The summed E-state index contributed by atoms with van der Waals surface area (Å²) in [6.07, 6.45) is 7.55. The number of hydrogen-bond acceptors (Lipinski definition) is 4. The van der Waals surface area contributed by atoms with Crippen molar-refractivity contribution in [3.63, 3.8) is 0 Å². The molecule has 6 nitrogen and oxygen atoms in total. The molecule has 7 heteroatoms. The number of hydrogen-bond donors (Lipinski definition) is 2. The summed E-state index contributed by atoms with van der Waals surface area (Å²) >= 11 is 0. The molecule has 31 heavy (non-hydrogen) atoms. The third-order valence-electron chi connectivity index (χ3n) is 5.71. The Kier molecular flexibility index (Phi) is 5.36. The molecule has 0 bridgehead atoms. The van der Waals surface area contributed by atoms with Crippen LogP contribution in [0.5, 0.6) is 0 Å². The molecule has 158 valence electrons. The second kappa shape index (κ2) is 8.45. The van der Waals surface area contributed by atoms with Crippen LogP contribution in [0, 0.1) is 5.82 Å². The van der Waals surface area contributed by atoms with Gasteiger partial charge in [-0.1, -0.05) is 24.3 Å². The zero-order valence-corrected chi connectivity index (χ0v) is 17.5. The quantitative estimate of drug-likeness (QED) is 0.521. The fraction of sp³-hybridized carbons (Fsp3) is 0.250. The van der Waals surface area contributed by atoms with Crippen molar-refractivity contribution in [2.45, 2.75) is 6.54 Å². The topological polar surface area (TPSA) is 61.8 Å². The average Bonchev–Trinajstić information content (AvgIpc) is 3.39. The summed E-state index contributed by atoms with van der Waals surface area (Å²) in [6, 6.07) is 12.0. The summed E-state index contributed by atoms with van der Waals surface area (Å²) in [5, 5.41) is 15.4. The molecule has 1 aliphatic rings. The minimum Gasteiger partial charge on any atom is -0.314 e. The largest absolute Gasteiger partial charge is 0.314 e. The molecule has 4 aromatic rings. The van der Waals surface area contributed by atoms with Crippen LogP contribution < -0.4 is 5.32 Å². The lowest BCUT2D eigenvalue weighted by molar-refractivity contribution is 0.233. The Morgan fingerprint density at radius 3 is 2.61 bits per heavy atom. The number of fused-ring (bicyclic) bond motifs is 1. The van der Waals surface area contributed by atoms with Crippen molar-refractivity contribution < 1.29 is 4.39 Å². The Balaban J connectivity index is 1.41. The molecule has 1 aliphatic heterocycles. The van der Waals surface area contributed by atoms with E-state index < -0.39 is 0 Å². The molecule has 2 N–H and O–H groups in total. The van der Waals surface area contributed by atoms with Gasteiger partial charge in [-0.05, 0) is 41.0 Å². The highest BCUT2D eigenvalue weighted by molar-refractivity contribution is 5.92. The zero-order chi connectivity index (χ0) is 21.2. The first-order valence-electron chi connectivity index (χ1n) is 10.5. The predicted molar refractivity (Wildman–Crippen MR) is 122 cm³/mol. The van der Waals surface area contributed by atoms with Crippen LogP contribution in [-0.2, 0) is 13.6 Å². The van der Waals surface area contributed by atoms with Crippen LogP contribution in [0.4, 0.5) is 4.39 Å². The van der Waals surface area contributed by atoms with E-state index in [1.165, 1.54) is 5.56 Å². The highest BCUT2D eigenvalue weighted by Gasteiger charge is 2.13. The molecule has 1 fully saturated rings. The van der Waals surface area contributed by atoms with Gasteiger partial charge in [0.15, 0.2) is 5.82 Å². The minimum atomic E-state index is -0.324. The molecule has 2 aromatic heterocycles. The summed E-state index contributed by atoms with van der Waals surface area (Å²) in [4.78, 5) is 2.45. The molecule has 2 aromatic carbocycles. The number of nitrogens with zero attached hydrogens (tertiary/aromatic N) is 4. The van der Waals surface area contributed by atoms with Gasteiger partial charge in [0, 0.05) is 56.9 Å². The molecular formula is C24H25FN6. The van der Waals surface area contributed by atoms with Crippen molar-refractivity contribution in [3.8, 4) is 11.1 Å². The van der Waals surface area contributed by atoms with Gasteiger partial charge in [0.2, 0.25) is 0 Å². The second-order valence-electron chi connectivity index (χ2n) is 8.00. The van der Waals surface area contributed by atoms with Crippen LogP contribution in [-0.4, -0.2) is 51.1 Å². The molecule has 0 spiro atoms. The van der Waals surface area contributed by atoms with Gasteiger partial charge in [0.25, 0.3) is 0 Å². The van der Waals surface area contributed by atoms with Crippen LogP contribution in [0.1, 0.15) is 16.8 Å². The van der Waals surface area contributed by atoms with Crippen LogP contribution in [0.2, 0.25) is 0 Å². The predicted octanol–water partition coefficient (Wildman–Crippen LogP) is 3.68. The van der Waals surface area contributed by atoms with E-state index in [1.807, 2.05) is 31.5 Å². The van der Waals surface area contributed by atoms with E-state index in [4.69, 9.17) is 0 Å². The number of aromatic amines is 1. The maximum absolute atomic E-state index is 14.8. The Hall–Kier alpha value is -3.29. The van der Waals surface area contributed by atoms with Crippen LogP contribution in [0.3, 0.4) is 0 Å².